The predicted molar refractivity (Wildman–Crippen MR) is 117 cm³/mol. The van der Waals surface area contributed by atoms with Gasteiger partial charge in [-0.15, -0.1) is 0 Å². The number of benzene rings is 1. The lowest BCUT2D eigenvalue weighted by Crippen LogP contribution is -2.50. The van der Waals surface area contributed by atoms with Gasteiger partial charge in [-0.05, 0) is 78.9 Å². The van der Waals surface area contributed by atoms with E-state index in [1.165, 1.54) is 6.92 Å². The average molecular weight is 471 g/mol. The molecule has 2 aromatic rings. The quantitative estimate of drug-likeness (QED) is 0.653. The molecule has 2 unspecified atom stereocenters. The summed E-state index contributed by atoms with van der Waals surface area (Å²) in [7, 11) is 0. The van der Waals surface area contributed by atoms with Crippen LogP contribution >= 0.6 is 15.9 Å². The number of anilines is 1. The van der Waals surface area contributed by atoms with Gasteiger partial charge in [-0.25, -0.2) is 4.98 Å². The summed E-state index contributed by atoms with van der Waals surface area (Å²) >= 11 is 3.30. The Morgan fingerprint density at radius 1 is 1.10 bits per heavy atom. The maximum atomic E-state index is 12.7. The Bertz CT molecular complexity index is 994. The molecule has 7 nitrogen and oxygen atoms in total. The minimum atomic E-state index is -0.539. The van der Waals surface area contributed by atoms with Gasteiger partial charge in [0.05, 0.1) is 5.56 Å². The molecule has 2 aliphatic rings. The van der Waals surface area contributed by atoms with Crippen LogP contribution in [0, 0.1) is 0 Å². The highest BCUT2D eigenvalue weighted by Gasteiger charge is 2.41. The molecule has 2 aliphatic heterocycles. The molecule has 1 aromatic carbocycles. The van der Waals surface area contributed by atoms with Gasteiger partial charge in [-0.1, -0.05) is 0 Å². The Hall–Kier alpha value is -2.74. The van der Waals surface area contributed by atoms with Gasteiger partial charge < -0.3 is 16.0 Å². The van der Waals surface area contributed by atoms with Crippen molar-refractivity contribution in [3.05, 3.63) is 57.7 Å². The van der Waals surface area contributed by atoms with Gasteiger partial charge in [0.25, 0.3) is 5.91 Å². The molecule has 1 aromatic heterocycles. The number of amides is 2. The molecular weight excluding hydrogens is 448 g/mol. The summed E-state index contributed by atoms with van der Waals surface area (Å²) < 4.78 is 0.512. The number of nitrogens with zero attached hydrogens (tertiary/aromatic N) is 2. The SMILES string of the molecule is CC(=O)c1ccc(N2C3CCC2CC(NC(=O)c2ccc(C(N)=O)c(Br)c2)C3)nc1. The summed E-state index contributed by atoms with van der Waals surface area (Å²) in [6.07, 6.45) is 5.45. The minimum Gasteiger partial charge on any atom is -0.366 e. The molecule has 2 bridgehead atoms. The summed E-state index contributed by atoms with van der Waals surface area (Å²) in [6, 6.07) is 9.25. The van der Waals surface area contributed by atoms with Crippen LogP contribution in [0.3, 0.4) is 0 Å². The number of primary amides is 1. The predicted octanol–water partition coefficient (Wildman–Crippen LogP) is 3.08. The highest BCUT2D eigenvalue weighted by molar-refractivity contribution is 9.10. The number of hydrogen-bond acceptors (Lipinski definition) is 5. The summed E-state index contributed by atoms with van der Waals surface area (Å²) in [6.45, 7) is 1.54. The first-order valence-corrected chi connectivity index (χ1v) is 10.8. The number of hydrogen-bond donors (Lipinski definition) is 2. The second kappa shape index (κ2) is 8.18. The Labute approximate surface area is 183 Å². The number of carbonyl (C=O) groups excluding carboxylic acids is 3. The Morgan fingerprint density at radius 3 is 2.30 bits per heavy atom. The molecule has 0 saturated carbocycles. The number of nitrogens with two attached hydrogens (primary N) is 1. The van der Waals surface area contributed by atoms with Gasteiger partial charge in [-0.3, -0.25) is 14.4 Å². The zero-order chi connectivity index (χ0) is 21.4. The van der Waals surface area contributed by atoms with Crippen LogP contribution in [0.25, 0.3) is 0 Å². The topological polar surface area (TPSA) is 105 Å². The van der Waals surface area contributed by atoms with E-state index in [1.54, 1.807) is 24.4 Å². The number of carbonyl (C=O) groups is 3. The van der Waals surface area contributed by atoms with E-state index in [4.69, 9.17) is 5.73 Å². The normalized spacial score (nSPS) is 22.6. The van der Waals surface area contributed by atoms with E-state index in [0.717, 1.165) is 31.5 Å². The number of pyridine rings is 1. The maximum Gasteiger partial charge on any atom is 0.251 e. The van der Waals surface area contributed by atoms with Gasteiger partial charge >= 0.3 is 0 Å². The number of halogens is 1. The van der Waals surface area contributed by atoms with Crippen molar-refractivity contribution >= 4 is 39.3 Å². The summed E-state index contributed by atoms with van der Waals surface area (Å²) in [5, 5.41) is 3.14. The molecule has 0 aliphatic carbocycles. The van der Waals surface area contributed by atoms with Gasteiger partial charge in [0, 0.05) is 39.9 Å². The van der Waals surface area contributed by atoms with Gasteiger partial charge in [0.15, 0.2) is 5.78 Å². The summed E-state index contributed by atoms with van der Waals surface area (Å²) in [5.74, 6) is 0.202. The third-order valence-electron chi connectivity index (χ3n) is 5.98. The van der Waals surface area contributed by atoms with E-state index < -0.39 is 5.91 Å². The largest absolute Gasteiger partial charge is 0.366 e. The highest BCUT2D eigenvalue weighted by atomic mass is 79.9. The molecule has 8 heteroatoms. The number of Topliss-reactive ketones (excluding diaryl/α,β-unsaturated/α-hetero) is 1. The summed E-state index contributed by atoms with van der Waals surface area (Å²) in [5.41, 5.74) is 6.77. The Kier molecular flexibility index (Phi) is 5.60. The van der Waals surface area contributed by atoms with Crippen molar-refractivity contribution in [3.8, 4) is 0 Å². The van der Waals surface area contributed by atoms with E-state index >= 15 is 0 Å². The van der Waals surface area contributed by atoms with Crippen molar-refractivity contribution in [3.63, 3.8) is 0 Å². The monoisotopic (exact) mass is 470 g/mol. The third kappa shape index (κ3) is 3.96. The van der Waals surface area contributed by atoms with Crippen LogP contribution in [0.4, 0.5) is 5.82 Å². The number of aromatic nitrogens is 1. The molecule has 2 fully saturated rings. The number of nitrogens with one attached hydrogen (secondary N) is 1. The lowest BCUT2D eigenvalue weighted by atomic mass is 9.96. The van der Waals surface area contributed by atoms with Crippen molar-refractivity contribution in [2.24, 2.45) is 5.73 Å². The van der Waals surface area contributed by atoms with Gasteiger partial charge in [0.1, 0.15) is 5.82 Å². The van der Waals surface area contributed by atoms with Crippen molar-refractivity contribution < 1.29 is 14.4 Å². The molecule has 2 amide bonds. The van der Waals surface area contributed by atoms with Crippen LogP contribution in [0.1, 0.15) is 63.7 Å². The smallest absolute Gasteiger partial charge is 0.251 e. The first-order valence-electron chi connectivity index (χ1n) is 9.99. The molecule has 4 rings (SSSR count). The van der Waals surface area contributed by atoms with E-state index in [-0.39, 0.29) is 17.7 Å². The summed E-state index contributed by atoms with van der Waals surface area (Å²) in [4.78, 5) is 42.4. The molecule has 0 radical (unpaired) electrons. The lowest BCUT2D eigenvalue weighted by Gasteiger charge is -2.40. The fraction of sp³-hybridized carbons (Fsp3) is 0.364. The van der Waals surface area contributed by atoms with Crippen LogP contribution in [0.2, 0.25) is 0 Å². The zero-order valence-corrected chi connectivity index (χ0v) is 18.2. The third-order valence-corrected chi connectivity index (χ3v) is 6.64. The molecule has 2 atom stereocenters. The Morgan fingerprint density at radius 2 is 1.77 bits per heavy atom. The zero-order valence-electron chi connectivity index (χ0n) is 16.6. The molecular formula is C22H23BrN4O3. The van der Waals surface area contributed by atoms with E-state index in [1.807, 2.05) is 12.1 Å². The molecule has 2 saturated heterocycles. The van der Waals surface area contributed by atoms with Crippen LogP contribution in [0.15, 0.2) is 41.0 Å². The average Bonchev–Trinajstić information content (AvgIpc) is 2.98. The number of fused-ring (bicyclic) bond motifs is 2. The lowest BCUT2D eigenvalue weighted by molar-refractivity contribution is 0.0924. The van der Waals surface area contributed by atoms with Crippen molar-refractivity contribution in [2.45, 2.75) is 50.7 Å². The fourth-order valence-corrected chi connectivity index (χ4v) is 5.12. The van der Waals surface area contributed by atoms with Crippen molar-refractivity contribution in [2.75, 3.05) is 4.90 Å². The molecule has 3 N–H and O–H groups in total. The first-order chi connectivity index (χ1) is 14.3. The molecule has 156 valence electrons. The molecule has 30 heavy (non-hydrogen) atoms. The van der Waals surface area contributed by atoms with Crippen molar-refractivity contribution in [1.29, 1.82) is 0 Å². The fourth-order valence-electron chi connectivity index (χ4n) is 4.54. The van der Waals surface area contributed by atoms with Crippen LogP contribution in [0.5, 0.6) is 0 Å². The van der Waals surface area contributed by atoms with Gasteiger partial charge in [-0.2, -0.15) is 0 Å². The molecule has 3 heterocycles. The standard InChI is InChI=1S/C22H23BrN4O3/c1-12(28)14-3-7-20(25-11-14)27-16-4-5-17(27)10-15(9-16)26-22(30)13-2-6-18(21(24)29)19(23)8-13/h2-3,6-8,11,15-17H,4-5,9-10H2,1H3,(H2,24,29)(H,26,30). The van der Waals surface area contributed by atoms with Crippen LogP contribution in [-0.2, 0) is 0 Å². The van der Waals surface area contributed by atoms with E-state index in [2.05, 4.69) is 31.1 Å². The maximum absolute atomic E-state index is 12.7. The second-order valence-corrected chi connectivity index (χ2v) is 8.81. The first kappa shape index (κ1) is 20.5. The second-order valence-electron chi connectivity index (χ2n) is 7.95. The number of piperidine rings is 1. The van der Waals surface area contributed by atoms with Gasteiger partial charge in [0.2, 0.25) is 5.91 Å². The Balaban J connectivity index is 1.43. The van der Waals surface area contributed by atoms with Crippen molar-refractivity contribution in [1.82, 2.24) is 10.3 Å². The van der Waals surface area contributed by atoms with Crippen LogP contribution < -0.4 is 16.0 Å². The van der Waals surface area contributed by atoms with E-state index in [9.17, 15) is 14.4 Å². The number of rotatable bonds is 5. The highest BCUT2D eigenvalue weighted by Crippen LogP contribution is 2.38. The van der Waals surface area contributed by atoms with E-state index in [0.29, 0.717) is 33.2 Å². The minimum absolute atomic E-state index is 0.00828. The number of ketones is 1. The van der Waals surface area contributed by atoms with Crippen LogP contribution in [-0.4, -0.2) is 40.7 Å². The molecule has 0 spiro atoms.